The smallest absolute Gasteiger partial charge is 0.415 e. The Morgan fingerprint density at radius 1 is 1.38 bits per heavy atom. The molecule has 1 atom stereocenters. The average molecular weight is 299 g/mol. The number of hydrogen-bond acceptors (Lipinski definition) is 5. The zero-order chi connectivity index (χ0) is 15.8. The molecule has 0 aliphatic carbocycles. The number of hydrogen-bond donors (Lipinski definition) is 1. The van der Waals surface area contributed by atoms with E-state index in [1.807, 2.05) is 5.32 Å². The number of rotatable bonds is 5. The average Bonchev–Trinajstić information content (AvgIpc) is 2.82. The fourth-order valence-corrected chi connectivity index (χ4v) is 1.76. The van der Waals surface area contributed by atoms with E-state index in [1.54, 1.807) is 0 Å². The Hall–Kier alpha value is -2.19. The van der Waals surface area contributed by atoms with Crippen LogP contribution in [-0.2, 0) is 0 Å². The van der Waals surface area contributed by atoms with E-state index in [0.29, 0.717) is 0 Å². The summed E-state index contributed by atoms with van der Waals surface area (Å²) in [7, 11) is 5.31. The first-order valence-electron chi connectivity index (χ1n) is 5.89. The van der Waals surface area contributed by atoms with Gasteiger partial charge in [-0.25, -0.2) is 0 Å². The molecule has 5 nitrogen and oxygen atoms in total. The summed E-state index contributed by atoms with van der Waals surface area (Å²) in [4.78, 5) is 22.6. The predicted molar refractivity (Wildman–Crippen MR) is 69.0 cm³/mol. The monoisotopic (exact) mass is 299 g/mol. The number of alkyl halides is 3. The van der Waals surface area contributed by atoms with Gasteiger partial charge in [0.2, 0.25) is 0 Å². The van der Waals surface area contributed by atoms with Crippen LogP contribution in [0, 0.1) is 0 Å². The summed E-state index contributed by atoms with van der Waals surface area (Å²) >= 11 is 0. The van der Waals surface area contributed by atoms with Crippen molar-refractivity contribution in [1.82, 2.24) is 0 Å². The van der Waals surface area contributed by atoms with Gasteiger partial charge in [0, 0.05) is 0 Å². The Kier molecular flexibility index (Phi) is 3.84. The first-order valence-corrected chi connectivity index (χ1v) is 5.89. The second-order valence-electron chi connectivity index (χ2n) is 4.20. The molecule has 2 rings (SSSR count). The molecule has 0 bridgehead atoms. The van der Waals surface area contributed by atoms with Crippen molar-refractivity contribution in [3.8, 4) is 5.75 Å². The van der Waals surface area contributed by atoms with Gasteiger partial charge in [-0.05, 0) is 13.0 Å². The number of nitrogens with one attached hydrogen (secondary N) is 1. The summed E-state index contributed by atoms with van der Waals surface area (Å²) in [6.07, 6.45) is -3.81. The van der Waals surface area contributed by atoms with E-state index in [9.17, 15) is 22.8 Å². The molecule has 2 aromatic rings. The van der Waals surface area contributed by atoms with Crippen molar-refractivity contribution in [2.75, 3.05) is 11.9 Å². The molecule has 0 saturated heterocycles. The predicted octanol–water partition coefficient (Wildman–Crippen LogP) is 0.784. The van der Waals surface area contributed by atoms with Gasteiger partial charge in [0.25, 0.3) is 10.9 Å². The van der Waals surface area contributed by atoms with Gasteiger partial charge in [0.05, 0.1) is 12.9 Å². The molecule has 0 saturated carbocycles. The van der Waals surface area contributed by atoms with Gasteiger partial charge in [-0.15, -0.1) is 0 Å². The van der Waals surface area contributed by atoms with Gasteiger partial charge in [0.15, 0.2) is 11.8 Å². The first-order chi connectivity index (χ1) is 9.75. The lowest BCUT2D eigenvalue weighted by atomic mass is 9.99. The van der Waals surface area contributed by atoms with Gasteiger partial charge < -0.3 is 14.5 Å². The topological polar surface area (TPSA) is 68.5 Å². The molecule has 9 heteroatoms. The van der Waals surface area contributed by atoms with Crippen LogP contribution < -0.4 is 26.4 Å². The van der Waals surface area contributed by atoms with E-state index >= 15 is 0 Å². The molecule has 0 amide bonds. The Labute approximate surface area is 117 Å². The van der Waals surface area contributed by atoms with Crippen molar-refractivity contribution in [3.63, 3.8) is 0 Å². The molecular formula is C12H9BF3NO4. The lowest BCUT2D eigenvalue weighted by molar-refractivity contribution is -0.147. The lowest BCUT2D eigenvalue weighted by Gasteiger charge is -2.22. The van der Waals surface area contributed by atoms with E-state index < -0.39 is 40.3 Å². The second kappa shape index (κ2) is 5.30. The summed E-state index contributed by atoms with van der Waals surface area (Å²) in [6, 6.07) is -1.32. The molecule has 2 radical (unpaired) electrons. The maximum Gasteiger partial charge on any atom is 0.415 e. The third-order valence-corrected chi connectivity index (χ3v) is 2.70. The van der Waals surface area contributed by atoms with Crippen molar-refractivity contribution in [1.29, 1.82) is 0 Å². The molecule has 1 N–H and O–H groups in total. The van der Waals surface area contributed by atoms with Crippen LogP contribution in [0.5, 0.6) is 5.75 Å². The highest BCUT2D eigenvalue weighted by atomic mass is 19.4. The fourth-order valence-electron chi connectivity index (χ4n) is 1.76. The van der Waals surface area contributed by atoms with Gasteiger partial charge in [0.1, 0.15) is 19.3 Å². The summed E-state index contributed by atoms with van der Waals surface area (Å²) in [5, 5.41) is 1.95. The maximum absolute atomic E-state index is 13.0. The van der Waals surface area contributed by atoms with Crippen LogP contribution in [0.4, 0.5) is 18.9 Å². The Bertz CT molecular complexity index is 715. The minimum atomic E-state index is -4.76. The maximum atomic E-state index is 13.0. The van der Waals surface area contributed by atoms with Gasteiger partial charge in [-0.2, -0.15) is 13.2 Å². The molecule has 0 fully saturated rings. The lowest BCUT2D eigenvalue weighted by Crippen LogP contribution is -2.39. The van der Waals surface area contributed by atoms with E-state index in [4.69, 9.17) is 17.0 Å². The highest BCUT2D eigenvalue weighted by Crippen LogP contribution is 2.36. The molecule has 0 aliphatic heterocycles. The number of furan rings is 1. The van der Waals surface area contributed by atoms with Gasteiger partial charge in [-0.1, -0.05) is 5.46 Å². The molecule has 0 spiro atoms. The van der Waals surface area contributed by atoms with Gasteiger partial charge >= 0.3 is 6.18 Å². The summed E-state index contributed by atoms with van der Waals surface area (Å²) in [5.74, 6) is -0.924. The number of halogens is 3. The quantitative estimate of drug-likeness (QED) is 0.653. The standard InChI is InChI=1S/C12H9BF3NO4/c1-2-20-10-7(8(18)9(10)19)17-11(12(14,15)16)6-3-5(13)4-21-6/h3-4,11,17H,2H2,1H3/t11-/m0/s1. The van der Waals surface area contributed by atoms with Crippen molar-refractivity contribution in [2.45, 2.75) is 19.1 Å². The van der Waals surface area contributed by atoms with Crippen molar-refractivity contribution in [3.05, 3.63) is 38.5 Å². The molecule has 1 heterocycles. The molecule has 1 aromatic carbocycles. The van der Waals surface area contributed by atoms with E-state index in [0.717, 1.165) is 12.3 Å². The molecule has 0 aliphatic rings. The molecular weight excluding hydrogens is 290 g/mol. The summed E-state index contributed by atoms with van der Waals surface area (Å²) in [6.45, 7) is 1.58. The minimum absolute atomic E-state index is 0.0103. The zero-order valence-corrected chi connectivity index (χ0v) is 10.8. The molecule has 1 aromatic heterocycles. The van der Waals surface area contributed by atoms with Crippen LogP contribution in [-0.4, -0.2) is 20.6 Å². The minimum Gasteiger partial charge on any atom is -0.488 e. The second-order valence-corrected chi connectivity index (χ2v) is 4.20. The van der Waals surface area contributed by atoms with Crippen LogP contribution in [0.25, 0.3) is 0 Å². The SMILES string of the molecule is [B]c1coc([C@H](Nc2c(OCC)c(=O)c2=O)C(F)(F)F)c1. The molecule has 0 unspecified atom stereocenters. The van der Waals surface area contributed by atoms with Crippen LogP contribution in [0.1, 0.15) is 18.7 Å². The normalized spacial score (nSPS) is 13.3. The first kappa shape index (κ1) is 15.2. The van der Waals surface area contributed by atoms with E-state index in [-0.39, 0.29) is 12.1 Å². The molecule has 21 heavy (non-hydrogen) atoms. The fraction of sp³-hybridized carbons (Fsp3) is 0.333. The largest absolute Gasteiger partial charge is 0.488 e. The summed E-state index contributed by atoms with van der Waals surface area (Å²) < 4.78 is 48.7. The molecule has 110 valence electrons. The summed E-state index contributed by atoms with van der Waals surface area (Å²) in [5.41, 5.74) is -2.53. The highest BCUT2D eigenvalue weighted by Gasteiger charge is 2.44. The van der Waals surface area contributed by atoms with Crippen molar-refractivity contribution < 1.29 is 22.3 Å². The Balaban J connectivity index is 2.35. The van der Waals surface area contributed by atoms with Crippen LogP contribution >= 0.6 is 0 Å². The van der Waals surface area contributed by atoms with E-state index in [1.165, 1.54) is 6.92 Å². The van der Waals surface area contributed by atoms with Crippen LogP contribution in [0.3, 0.4) is 0 Å². The third kappa shape index (κ3) is 2.81. The number of ether oxygens (including phenoxy) is 1. The Morgan fingerprint density at radius 3 is 2.52 bits per heavy atom. The Morgan fingerprint density at radius 2 is 2.05 bits per heavy atom. The highest BCUT2D eigenvalue weighted by molar-refractivity contribution is 6.32. The van der Waals surface area contributed by atoms with Crippen molar-refractivity contribution >= 4 is 19.0 Å². The zero-order valence-electron chi connectivity index (χ0n) is 10.8. The van der Waals surface area contributed by atoms with E-state index in [2.05, 4.69) is 0 Å². The number of anilines is 1. The van der Waals surface area contributed by atoms with Gasteiger partial charge in [-0.3, -0.25) is 9.59 Å². The van der Waals surface area contributed by atoms with Crippen LogP contribution in [0.15, 0.2) is 26.3 Å². The third-order valence-electron chi connectivity index (χ3n) is 2.70. The van der Waals surface area contributed by atoms with Crippen molar-refractivity contribution in [2.24, 2.45) is 0 Å². The van der Waals surface area contributed by atoms with Crippen LogP contribution in [0.2, 0.25) is 0 Å².